The van der Waals surface area contributed by atoms with Gasteiger partial charge in [-0.1, -0.05) is 13.8 Å². The molecule has 1 aliphatic heterocycles. The number of hydrogen-bond acceptors (Lipinski definition) is 6. The molecule has 0 bridgehead atoms. The number of nitrogens with one attached hydrogen (secondary N) is 1. The van der Waals surface area contributed by atoms with Crippen molar-refractivity contribution >= 4 is 11.9 Å². The molecule has 0 aromatic carbocycles. The Labute approximate surface area is 124 Å². The molecular formula is C14H21N7. The first-order valence-electron chi connectivity index (χ1n) is 7.38. The predicted molar refractivity (Wildman–Crippen MR) is 81.7 cm³/mol. The molecule has 0 amide bonds. The maximum Gasteiger partial charge on any atom is 0.241 e. The molecule has 0 saturated carbocycles. The lowest BCUT2D eigenvalue weighted by Crippen LogP contribution is -2.35. The Kier molecular flexibility index (Phi) is 3.72. The predicted octanol–water partition coefficient (Wildman–Crippen LogP) is 1.72. The second kappa shape index (κ2) is 5.67. The monoisotopic (exact) mass is 287 g/mol. The fraction of sp³-hybridized carbons (Fsp3) is 0.571. The lowest BCUT2D eigenvalue weighted by molar-refractivity contribution is 0.486. The Morgan fingerprint density at radius 3 is 2.71 bits per heavy atom. The lowest BCUT2D eigenvalue weighted by Gasteiger charge is -2.27. The average molecular weight is 287 g/mol. The van der Waals surface area contributed by atoms with Gasteiger partial charge in [-0.25, -0.2) is 4.98 Å². The fourth-order valence-corrected chi connectivity index (χ4v) is 2.82. The van der Waals surface area contributed by atoms with Crippen molar-refractivity contribution in [2.45, 2.75) is 32.7 Å². The fourth-order valence-electron chi connectivity index (χ4n) is 2.82. The number of nitrogens with zero attached hydrogens (tertiary/aromatic N) is 6. The second-order valence-corrected chi connectivity index (χ2v) is 5.63. The molecular weight excluding hydrogens is 266 g/mol. The van der Waals surface area contributed by atoms with Crippen LogP contribution in [0.1, 0.15) is 26.7 Å². The molecule has 0 aliphatic carbocycles. The molecule has 2 aromatic heterocycles. The maximum atomic E-state index is 4.63. The van der Waals surface area contributed by atoms with Crippen LogP contribution in [0.3, 0.4) is 0 Å². The molecule has 3 heterocycles. The van der Waals surface area contributed by atoms with E-state index < -0.39 is 0 Å². The van der Waals surface area contributed by atoms with Gasteiger partial charge in [-0.3, -0.25) is 4.57 Å². The number of imidazole rings is 1. The standard InChI is InChI=1S/C14H21N7/c1-10(2)11-5-4-7-21(11)14-18-12(15-3)17-13(19-14)20-8-6-16-9-20/h6,8-11H,4-5,7H2,1-3H3,(H,15,17,18,19). The molecule has 1 N–H and O–H groups in total. The molecule has 112 valence electrons. The summed E-state index contributed by atoms with van der Waals surface area (Å²) in [5.41, 5.74) is 0. The minimum absolute atomic E-state index is 0.493. The first kappa shape index (κ1) is 13.8. The zero-order valence-corrected chi connectivity index (χ0v) is 12.7. The van der Waals surface area contributed by atoms with Gasteiger partial charge in [-0.05, 0) is 18.8 Å². The van der Waals surface area contributed by atoms with Crippen LogP contribution in [0.5, 0.6) is 0 Å². The smallest absolute Gasteiger partial charge is 0.241 e. The van der Waals surface area contributed by atoms with Crippen LogP contribution in [-0.4, -0.2) is 44.1 Å². The highest BCUT2D eigenvalue weighted by molar-refractivity contribution is 5.41. The lowest BCUT2D eigenvalue weighted by atomic mass is 10.0. The molecule has 1 unspecified atom stereocenters. The van der Waals surface area contributed by atoms with E-state index in [0.29, 0.717) is 23.9 Å². The van der Waals surface area contributed by atoms with Gasteiger partial charge in [0.1, 0.15) is 6.33 Å². The molecule has 7 nitrogen and oxygen atoms in total. The van der Waals surface area contributed by atoms with Crippen molar-refractivity contribution in [1.29, 1.82) is 0 Å². The summed E-state index contributed by atoms with van der Waals surface area (Å²) in [6.45, 7) is 5.50. The van der Waals surface area contributed by atoms with Crippen molar-refractivity contribution in [3.8, 4) is 5.95 Å². The van der Waals surface area contributed by atoms with Gasteiger partial charge in [-0.15, -0.1) is 0 Å². The van der Waals surface area contributed by atoms with E-state index in [-0.39, 0.29) is 0 Å². The van der Waals surface area contributed by atoms with E-state index in [4.69, 9.17) is 0 Å². The summed E-state index contributed by atoms with van der Waals surface area (Å²) in [4.78, 5) is 19.9. The summed E-state index contributed by atoms with van der Waals surface area (Å²) in [5.74, 6) is 2.50. The van der Waals surface area contributed by atoms with Gasteiger partial charge >= 0.3 is 0 Å². The zero-order valence-electron chi connectivity index (χ0n) is 12.7. The third-order valence-electron chi connectivity index (χ3n) is 3.90. The van der Waals surface area contributed by atoms with Crippen LogP contribution in [0, 0.1) is 5.92 Å². The van der Waals surface area contributed by atoms with Crippen molar-refractivity contribution in [1.82, 2.24) is 24.5 Å². The molecule has 0 radical (unpaired) electrons. The van der Waals surface area contributed by atoms with E-state index >= 15 is 0 Å². The van der Waals surface area contributed by atoms with Crippen molar-refractivity contribution in [2.75, 3.05) is 23.8 Å². The van der Waals surface area contributed by atoms with Crippen molar-refractivity contribution in [2.24, 2.45) is 5.92 Å². The van der Waals surface area contributed by atoms with E-state index in [9.17, 15) is 0 Å². The second-order valence-electron chi connectivity index (χ2n) is 5.63. The minimum atomic E-state index is 0.493. The molecule has 1 aliphatic rings. The highest BCUT2D eigenvalue weighted by Gasteiger charge is 2.29. The normalized spacial score (nSPS) is 18.5. The quantitative estimate of drug-likeness (QED) is 0.923. The molecule has 1 atom stereocenters. The molecule has 0 spiro atoms. The summed E-state index contributed by atoms with van der Waals surface area (Å²) in [7, 11) is 1.82. The highest BCUT2D eigenvalue weighted by atomic mass is 15.4. The topological polar surface area (TPSA) is 71.8 Å². The molecule has 1 saturated heterocycles. The minimum Gasteiger partial charge on any atom is -0.357 e. The Morgan fingerprint density at radius 1 is 1.24 bits per heavy atom. The summed E-state index contributed by atoms with van der Waals surface area (Å²) in [6.07, 6.45) is 7.63. The Bertz CT molecular complexity index is 593. The SMILES string of the molecule is CNc1nc(N2CCCC2C(C)C)nc(-n2ccnc2)n1. The van der Waals surface area contributed by atoms with Gasteiger partial charge in [0.05, 0.1) is 0 Å². The molecule has 21 heavy (non-hydrogen) atoms. The molecule has 1 fully saturated rings. The van der Waals surface area contributed by atoms with Gasteiger partial charge in [0.15, 0.2) is 0 Å². The van der Waals surface area contributed by atoms with E-state index in [2.05, 4.69) is 44.0 Å². The van der Waals surface area contributed by atoms with Crippen LogP contribution in [0.2, 0.25) is 0 Å². The highest BCUT2D eigenvalue weighted by Crippen LogP contribution is 2.28. The molecule has 7 heteroatoms. The summed E-state index contributed by atoms with van der Waals surface area (Å²) in [6, 6.07) is 0.493. The van der Waals surface area contributed by atoms with Crippen LogP contribution in [0.25, 0.3) is 5.95 Å². The molecule has 3 rings (SSSR count). The van der Waals surface area contributed by atoms with Crippen LogP contribution in [-0.2, 0) is 0 Å². The Morgan fingerprint density at radius 2 is 2.05 bits per heavy atom. The maximum absolute atomic E-state index is 4.63. The van der Waals surface area contributed by atoms with Gasteiger partial charge in [-0.2, -0.15) is 15.0 Å². The molecule has 2 aromatic rings. The van der Waals surface area contributed by atoms with Crippen LogP contribution < -0.4 is 10.2 Å². The number of hydrogen-bond donors (Lipinski definition) is 1. The van der Waals surface area contributed by atoms with Gasteiger partial charge in [0.2, 0.25) is 17.8 Å². The van der Waals surface area contributed by atoms with E-state index in [1.807, 2.05) is 13.2 Å². The van der Waals surface area contributed by atoms with Crippen molar-refractivity contribution in [3.63, 3.8) is 0 Å². The van der Waals surface area contributed by atoms with Gasteiger partial charge < -0.3 is 10.2 Å². The van der Waals surface area contributed by atoms with Crippen LogP contribution >= 0.6 is 0 Å². The Hall–Kier alpha value is -2.18. The average Bonchev–Trinajstić information content (AvgIpc) is 3.17. The summed E-state index contributed by atoms with van der Waals surface area (Å²) >= 11 is 0. The Balaban J connectivity index is 2.00. The third-order valence-corrected chi connectivity index (χ3v) is 3.90. The summed E-state index contributed by atoms with van der Waals surface area (Å²) in [5, 5.41) is 3.01. The largest absolute Gasteiger partial charge is 0.357 e. The number of rotatable bonds is 4. The first-order chi connectivity index (χ1) is 10.2. The van der Waals surface area contributed by atoms with Crippen LogP contribution in [0.15, 0.2) is 18.7 Å². The van der Waals surface area contributed by atoms with Crippen molar-refractivity contribution < 1.29 is 0 Å². The zero-order chi connectivity index (χ0) is 14.8. The van der Waals surface area contributed by atoms with E-state index in [0.717, 1.165) is 12.5 Å². The van der Waals surface area contributed by atoms with Crippen LogP contribution in [0.4, 0.5) is 11.9 Å². The van der Waals surface area contributed by atoms with Gasteiger partial charge in [0.25, 0.3) is 0 Å². The van der Waals surface area contributed by atoms with E-state index in [1.54, 1.807) is 17.1 Å². The number of anilines is 2. The number of aromatic nitrogens is 5. The first-order valence-corrected chi connectivity index (χ1v) is 7.38. The van der Waals surface area contributed by atoms with E-state index in [1.165, 1.54) is 12.8 Å². The van der Waals surface area contributed by atoms with Gasteiger partial charge in [0, 0.05) is 32.0 Å². The van der Waals surface area contributed by atoms with Crippen molar-refractivity contribution in [3.05, 3.63) is 18.7 Å². The summed E-state index contributed by atoms with van der Waals surface area (Å²) < 4.78 is 1.80. The third kappa shape index (κ3) is 2.68.